The summed E-state index contributed by atoms with van der Waals surface area (Å²) < 4.78 is 1.55. The van der Waals surface area contributed by atoms with Crippen LogP contribution in [0.4, 0.5) is 0 Å². The van der Waals surface area contributed by atoms with E-state index in [1.807, 2.05) is 13.8 Å². The summed E-state index contributed by atoms with van der Waals surface area (Å²) in [5.41, 5.74) is 5.00. The summed E-state index contributed by atoms with van der Waals surface area (Å²) in [6, 6.07) is 0. The summed E-state index contributed by atoms with van der Waals surface area (Å²) in [7, 11) is 1.76. The Morgan fingerprint density at radius 3 is 2.62 bits per heavy atom. The highest BCUT2D eigenvalue weighted by Gasteiger charge is 2.34. The molecule has 1 aromatic rings. The Balaban J connectivity index is 3.02. The van der Waals surface area contributed by atoms with Gasteiger partial charge in [-0.25, -0.2) is 0 Å². The molecule has 0 aliphatic carbocycles. The van der Waals surface area contributed by atoms with Gasteiger partial charge in [0.1, 0.15) is 11.3 Å². The van der Waals surface area contributed by atoms with Crippen LogP contribution < -0.4 is 5.73 Å². The quantitative estimate of drug-likeness (QED) is 0.671. The summed E-state index contributed by atoms with van der Waals surface area (Å²) in [5.74, 6) is 0.0224. The molecule has 0 aromatic carbocycles. The van der Waals surface area contributed by atoms with Crippen LogP contribution >= 0.6 is 0 Å². The lowest BCUT2D eigenvalue weighted by atomic mass is 9.88. The summed E-state index contributed by atoms with van der Waals surface area (Å²) in [4.78, 5) is 0. The van der Waals surface area contributed by atoms with Crippen LogP contribution in [0.5, 0.6) is 0 Å². The fourth-order valence-corrected chi connectivity index (χ4v) is 1.18. The molecule has 0 amide bonds. The van der Waals surface area contributed by atoms with Crippen molar-refractivity contribution < 1.29 is 5.11 Å². The van der Waals surface area contributed by atoms with Crippen LogP contribution in [0, 0.1) is 5.92 Å². The lowest BCUT2D eigenvalue weighted by Crippen LogP contribution is -2.40. The molecule has 0 aliphatic heterocycles. The molecule has 1 unspecified atom stereocenters. The van der Waals surface area contributed by atoms with Gasteiger partial charge in [-0.1, -0.05) is 19.1 Å². The van der Waals surface area contributed by atoms with Gasteiger partial charge < -0.3 is 10.8 Å². The SMILES string of the molecule is CC(C)C(O)(CN)c1cn(C)nn1. The minimum Gasteiger partial charge on any atom is -0.382 e. The van der Waals surface area contributed by atoms with Crippen molar-refractivity contribution in [3.05, 3.63) is 11.9 Å². The molecule has 1 atom stereocenters. The molecule has 0 spiro atoms. The van der Waals surface area contributed by atoms with Gasteiger partial charge in [-0.05, 0) is 5.92 Å². The molecule has 0 aliphatic rings. The van der Waals surface area contributed by atoms with Crippen molar-refractivity contribution in [3.8, 4) is 0 Å². The molecule has 0 fully saturated rings. The Kier molecular flexibility index (Phi) is 2.68. The Morgan fingerprint density at radius 2 is 2.31 bits per heavy atom. The van der Waals surface area contributed by atoms with Crippen LogP contribution in [-0.2, 0) is 12.6 Å². The number of aryl methyl sites for hydroxylation is 1. The third-order valence-electron chi connectivity index (χ3n) is 2.31. The molecule has 1 aromatic heterocycles. The van der Waals surface area contributed by atoms with Gasteiger partial charge in [-0.15, -0.1) is 5.10 Å². The smallest absolute Gasteiger partial charge is 0.124 e. The van der Waals surface area contributed by atoms with Gasteiger partial charge in [0.15, 0.2) is 0 Å². The van der Waals surface area contributed by atoms with E-state index in [0.29, 0.717) is 5.69 Å². The van der Waals surface area contributed by atoms with Crippen molar-refractivity contribution in [3.63, 3.8) is 0 Å². The van der Waals surface area contributed by atoms with Gasteiger partial charge in [0, 0.05) is 13.6 Å². The van der Waals surface area contributed by atoms with E-state index in [1.165, 1.54) is 0 Å². The summed E-state index contributed by atoms with van der Waals surface area (Å²) in [5, 5.41) is 17.8. The first-order valence-electron chi connectivity index (χ1n) is 4.30. The number of rotatable bonds is 3. The molecule has 13 heavy (non-hydrogen) atoms. The Bertz CT molecular complexity index is 283. The van der Waals surface area contributed by atoms with E-state index in [-0.39, 0.29) is 12.5 Å². The van der Waals surface area contributed by atoms with Crippen molar-refractivity contribution in [1.29, 1.82) is 0 Å². The van der Waals surface area contributed by atoms with Gasteiger partial charge >= 0.3 is 0 Å². The van der Waals surface area contributed by atoms with Gasteiger partial charge in [0.2, 0.25) is 0 Å². The predicted molar refractivity (Wildman–Crippen MR) is 48.8 cm³/mol. The minimum absolute atomic E-state index is 0.0224. The molecule has 3 N–H and O–H groups in total. The zero-order chi connectivity index (χ0) is 10.1. The highest BCUT2D eigenvalue weighted by Crippen LogP contribution is 2.25. The minimum atomic E-state index is -1.06. The van der Waals surface area contributed by atoms with Gasteiger partial charge in [-0.3, -0.25) is 4.68 Å². The van der Waals surface area contributed by atoms with E-state index in [9.17, 15) is 5.11 Å². The van der Waals surface area contributed by atoms with Crippen molar-refractivity contribution in [2.75, 3.05) is 6.54 Å². The number of aromatic nitrogens is 3. The third kappa shape index (κ3) is 1.71. The normalized spacial score (nSPS) is 16.2. The van der Waals surface area contributed by atoms with Crippen LogP contribution in [0.1, 0.15) is 19.5 Å². The molecule has 0 bridgehead atoms. The maximum absolute atomic E-state index is 10.1. The van der Waals surface area contributed by atoms with Gasteiger partial charge in [0.05, 0.1) is 6.20 Å². The Labute approximate surface area is 77.6 Å². The van der Waals surface area contributed by atoms with Gasteiger partial charge in [0.25, 0.3) is 0 Å². The monoisotopic (exact) mass is 184 g/mol. The molecule has 74 valence electrons. The van der Waals surface area contributed by atoms with E-state index in [1.54, 1.807) is 17.9 Å². The molecule has 0 saturated carbocycles. The van der Waals surface area contributed by atoms with E-state index in [4.69, 9.17) is 5.73 Å². The lowest BCUT2D eigenvalue weighted by molar-refractivity contribution is -0.00532. The number of hydrogen-bond donors (Lipinski definition) is 2. The van der Waals surface area contributed by atoms with Crippen molar-refractivity contribution in [2.24, 2.45) is 18.7 Å². The molecule has 1 heterocycles. The number of nitrogens with zero attached hydrogens (tertiary/aromatic N) is 3. The first kappa shape index (κ1) is 10.1. The molecule has 5 heteroatoms. The van der Waals surface area contributed by atoms with Crippen molar-refractivity contribution in [1.82, 2.24) is 15.0 Å². The fraction of sp³-hybridized carbons (Fsp3) is 0.750. The standard InChI is InChI=1S/C8H16N4O/c1-6(2)8(13,5-9)7-4-12(3)11-10-7/h4,6,13H,5,9H2,1-3H3. The van der Waals surface area contributed by atoms with E-state index < -0.39 is 5.60 Å². The summed E-state index contributed by atoms with van der Waals surface area (Å²) >= 11 is 0. The fourth-order valence-electron chi connectivity index (χ4n) is 1.18. The van der Waals surface area contributed by atoms with Gasteiger partial charge in [-0.2, -0.15) is 0 Å². The molecule has 5 nitrogen and oxygen atoms in total. The average Bonchev–Trinajstić information content (AvgIpc) is 2.50. The Morgan fingerprint density at radius 1 is 1.69 bits per heavy atom. The molecule has 0 radical (unpaired) electrons. The molecule has 1 rings (SSSR count). The van der Waals surface area contributed by atoms with Crippen LogP contribution in [0.25, 0.3) is 0 Å². The van der Waals surface area contributed by atoms with E-state index in [0.717, 1.165) is 0 Å². The second-order valence-corrected chi connectivity index (χ2v) is 3.56. The lowest BCUT2D eigenvalue weighted by Gasteiger charge is -2.28. The first-order chi connectivity index (χ1) is 6.00. The predicted octanol–water partition coefficient (Wildman–Crippen LogP) is -0.383. The largest absolute Gasteiger partial charge is 0.382 e. The number of nitrogens with two attached hydrogens (primary N) is 1. The summed E-state index contributed by atoms with van der Waals surface area (Å²) in [6.07, 6.45) is 1.69. The van der Waals surface area contributed by atoms with Crippen LogP contribution in [0.2, 0.25) is 0 Å². The van der Waals surface area contributed by atoms with E-state index >= 15 is 0 Å². The van der Waals surface area contributed by atoms with Crippen LogP contribution in [0.15, 0.2) is 6.20 Å². The number of aliphatic hydroxyl groups is 1. The maximum Gasteiger partial charge on any atom is 0.124 e. The second-order valence-electron chi connectivity index (χ2n) is 3.56. The highest BCUT2D eigenvalue weighted by molar-refractivity contribution is 5.08. The first-order valence-corrected chi connectivity index (χ1v) is 4.30. The number of hydrogen-bond acceptors (Lipinski definition) is 4. The molecule has 0 saturated heterocycles. The summed E-state index contributed by atoms with van der Waals surface area (Å²) in [6.45, 7) is 3.96. The van der Waals surface area contributed by atoms with Crippen molar-refractivity contribution >= 4 is 0 Å². The average molecular weight is 184 g/mol. The molecular weight excluding hydrogens is 168 g/mol. The zero-order valence-electron chi connectivity index (χ0n) is 8.23. The molecular formula is C8H16N4O. The van der Waals surface area contributed by atoms with Crippen LogP contribution in [-0.4, -0.2) is 26.6 Å². The Hall–Kier alpha value is -0.940. The topological polar surface area (TPSA) is 77.0 Å². The zero-order valence-corrected chi connectivity index (χ0v) is 8.23. The third-order valence-corrected chi connectivity index (χ3v) is 2.31. The van der Waals surface area contributed by atoms with E-state index in [2.05, 4.69) is 10.3 Å². The highest BCUT2D eigenvalue weighted by atomic mass is 16.3. The maximum atomic E-state index is 10.1. The van der Waals surface area contributed by atoms with Crippen molar-refractivity contribution in [2.45, 2.75) is 19.4 Å². The second kappa shape index (κ2) is 3.43. The van der Waals surface area contributed by atoms with Crippen LogP contribution in [0.3, 0.4) is 0 Å².